The average molecular weight is 283 g/mol. The fourth-order valence-electron chi connectivity index (χ4n) is 1.64. The number of nitrogens with one attached hydrogen (secondary N) is 1. The number of hydrogen-bond acceptors (Lipinski definition) is 5. The van der Waals surface area contributed by atoms with E-state index in [4.69, 9.17) is 21.4 Å². The molecule has 6 nitrogen and oxygen atoms in total. The van der Waals surface area contributed by atoms with E-state index in [-0.39, 0.29) is 6.61 Å². The zero-order valence-electron chi connectivity index (χ0n) is 10.5. The molecule has 7 heteroatoms. The van der Waals surface area contributed by atoms with Crippen LogP contribution in [0.5, 0.6) is 5.75 Å². The molecule has 1 aromatic carbocycles. The number of aliphatic hydroxyl groups is 1. The van der Waals surface area contributed by atoms with Crippen molar-refractivity contribution in [3.05, 3.63) is 35.1 Å². The summed E-state index contributed by atoms with van der Waals surface area (Å²) in [6.45, 7) is 0.980. The second-order valence-electron chi connectivity index (χ2n) is 3.89. The van der Waals surface area contributed by atoms with Gasteiger partial charge in [0.15, 0.2) is 0 Å². The molecule has 102 valence electrons. The Labute approximate surface area is 116 Å². The molecule has 0 fully saturated rings. The number of halogens is 1. The van der Waals surface area contributed by atoms with E-state index in [2.05, 4.69) is 15.6 Å². The summed E-state index contributed by atoms with van der Waals surface area (Å²) in [5, 5.41) is 20.5. The smallest absolute Gasteiger partial charge is 0.142 e. The van der Waals surface area contributed by atoms with E-state index < -0.39 is 0 Å². The molecule has 0 unspecified atom stereocenters. The predicted molar refractivity (Wildman–Crippen MR) is 72.4 cm³/mol. The maximum Gasteiger partial charge on any atom is 0.142 e. The first-order valence-electron chi connectivity index (χ1n) is 5.80. The molecule has 0 aliphatic heterocycles. The molecule has 0 atom stereocenters. The largest absolute Gasteiger partial charge is 0.495 e. The molecule has 2 rings (SSSR count). The van der Waals surface area contributed by atoms with Crippen LogP contribution in [-0.4, -0.2) is 33.8 Å². The van der Waals surface area contributed by atoms with Gasteiger partial charge in [-0.15, -0.1) is 5.10 Å². The van der Waals surface area contributed by atoms with Gasteiger partial charge < -0.3 is 15.2 Å². The minimum atomic E-state index is 0.0400. The molecule has 2 N–H and O–H groups in total. The van der Waals surface area contributed by atoms with Crippen molar-refractivity contribution in [2.24, 2.45) is 0 Å². The van der Waals surface area contributed by atoms with Gasteiger partial charge in [-0.1, -0.05) is 16.8 Å². The van der Waals surface area contributed by atoms with E-state index in [0.717, 1.165) is 11.4 Å². The number of aromatic nitrogens is 3. The second-order valence-corrected chi connectivity index (χ2v) is 4.33. The minimum absolute atomic E-state index is 0.0400. The lowest BCUT2D eigenvalue weighted by atomic mass is 10.3. The molecule has 0 aliphatic carbocycles. The Morgan fingerprint density at radius 3 is 3.05 bits per heavy atom. The number of methoxy groups -OCH3 is 1. The van der Waals surface area contributed by atoms with Gasteiger partial charge in [0.05, 0.1) is 38.7 Å². The van der Waals surface area contributed by atoms with Crippen LogP contribution in [0.4, 0.5) is 5.69 Å². The summed E-state index contributed by atoms with van der Waals surface area (Å²) in [7, 11) is 1.60. The fourth-order valence-corrected chi connectivity index (χ4v) is 1.81. The van der Waals surface area contributed by atoms with Crippen molar-refractivity contribution in [3.8, 4) is 5.75 Å². The lowest BCUT2D eigenvalue weighted by Gasteiger charge is -2.10. The molecule has 0 amide bonds. The van der Waals surface area contributed by atoms with Gasteiger partial charge in [0.2, 0.25) is 0 Å². The summed E-state index contributed by atoms with van der Waals surface area (Å²) in [5.41, 5.74) is 1.57. The number of aliphatic hydroxyl groups excluding tert-OH is 1. The van der Waals surface area contributed by atoms with Gasteiger partial charge in [0.1, 0.15) is 11.4 Å². The zero-order valence-corrected chi connectivity index (χ0v) is 11.3. The van der Waals surface area contributed by atoms with Gasteiger partial charge in [-0.25, -0.2) is 4.68 Å². The van der Waals surface area contributed by atoms with Gasteiger partial charge in [-0.05, 0) is 18.2 Å². The van der Waals surface area contributed by atoms with E-state index in [1.54, 1.807) is 36.2 Å². The number of ether oxygens (including phenoxy) is 1. The summed E-state index contributed by atoms with van der Waals surface area (Å²) in [5.74, 6) is 0.715. The Balaban J connectivity index is 2.03. The Morgan fingerprint density at radius 2 is 2.32 bits per heavy atom. The highest BCUT2D eigenvalue weighted by molar-refractivity contribution is 6.30. The number of nitrogens with zero attached hydrogens (tertiary/aromatic N) is 3. The van der Waals surface area contributed by atoms with Crippen LogP contribution in [0.3, 0.4) is 0 Å². The molecule has 2 aromatic rings. The van der Waals surface area contributed by atoms with E-state index in [9.17, 15) is 0 Å². The third-order valence-corrected chi connectivity index (χ3v) is 2.77. The normalized spacial score (nSPS) is 10.5. The minimum Gasteiger partial charge on any atom is -0.495 e. The zero-order chi connectivity index (χ0) is 13.7. The van der Waals surface area contributed by atoms with Crippen molar-refractivity contribution < 1.29 is 9.84 Å². The van der Waals surface area contributed by atoms with E-state index >= 15 is 0 Å². The van der Waals surface area contributed by atoms with Crippen LogP contribution in [0.25, 0.3) is 0 Å². The van der Waals surface area contributed by atoms with Crippen molar-refractivity contribution in [1.29, 1.82) is 0 Å². The third kappa shape index (κ3) is 3.59. The number of anilines is 1. The third-order valence-electron chi connectivity index (χ3n) is 2.54. The summed E-state index contributed by atoms with van der Waals surface area (Å²) >= 11 is 5.95. The first-order valence-corrected chi connectivity index (χ1v) is 6.18. The van der Waals surface area contributed by atoms with Crippen molar-refractivity contribution in [2.75, 3.05) is 19.0 Å². The summed E-state index contributed by atoms with van der Waals surface area (Å²) < 4.78 is 6.83. The highest BCUT2D eigenvalue weighted by Gasteiger charge is 2.05. The molecule has 1 heterocycles. The lowest BCUT2D eigenvalue weighted by molar-refractivity contribution is 0.268. The van der Waals surface area contributed by atoms with Crippen LogP contribution in [0.2, 0.25) is 5.02 Å². The quantitative estimate of drug-likeness (QED) is 0.841. The van der Waals surface area contributed by atoms with Crippen LogP contribution >= 0.6 is 11.6 Å². The van der Waals surface area contributed by atoms with Crippen LogP contribution in [0.1, 0.15) is 5.69 Å². The Hall–Kier alpha value is -1.79. The molecule has 0 aliphatic rings. The van der Waals surface area contributed by atoms with E-state index in [0.29, 0.717) is 23.9 Å². The second kappa shape index (κ2) is 6.40. The molecular weight excluding hydrogens is 268 g/mol. The average Bonchev–Trinajstić information content (AvgIpc) is 2.85. The fraction of sp³-hybridized carbons (Fsp3) is 0.333. The lowest BCUT2D eigenvalue weighted by Crippen LogP contribution is -2.03. The number of hydrogen-bond donors (Lipinski definition) is 2. The van der Waals surface area contributed by atoms with Crippen LogP contribution in [0.15, 0.2) is 24.4 Å². The first-order chi connectivity index (χ1) is 9.22. The van der Waals surface area contributed by atoms with Gasteiger partial charge in [-0.2, -0.15) is 0 Å². The monoisotopic (exact) mass is 282 g/mol. The topological polar surface area (TPSA) is 72.2 Å². The Bertz CT molecular complexity index is 544. The Kier molecular flexibility index (Phi) is 4.59. The van der Waals surface area contributed by atoms with Crippen molar-refractivity contribution in [1.82, 2.24) is 15.0 Å². The van der Waals surface area contributed by atoms with Gasteiger partial charge >= 0.3 is 0 Å². The van der Waals surface area contributed by atoms with Gasteiger partial charge in [0.25, 0.3) is 0 Å². The van der Waals surface area contributed by atoms with Crippen molar-refractivity contribution in [2.45, 2.75) is 13.1 Å². The van der Waals surface area contributed by atoms with Gasteiger partial charge in [0, 0.05) is 5.02 Å². The van der Waals surface area contributed by atoms with Crippen LogP contribution < -0.4 is 10.1 Å². The molecule has 0 spiro atoms. The standard InChI is InChI=1S/C12H15ClN4O2/c1-19-12-3-2-9(13)6-11(12)14-7-10-8-17(4-5-18)16-15-10/h2-3,6,8,14,18H,4-5,7H2,1H3. The molecule has 0 saturated heterocycles. The molecule has 0 bridgehead atoms. The van der Waals surface area contributed by atoms with Crippen molar-refractivity contribution in [3.63, 3.8) is 0 Å². The first kappa shape index (κ1) is 13.6. The summed E-state index contributed by atoms with van der Waals surface area (Å²) in [4.78, 5) is 0. The number of rotatable bonds is 6. The van der Waals surface area contributed by atoms with E-state index in [1.807, 2.05) is 0 Å². The van der Waals surface area contributed by atoms with Crippen LogP contribution in [0, 0.1) is 0 Å². The molecule has 19 heavy (non-hydrogen) atoms. The SMILES string of the molecule is COc1ccc(Cl)cc1NCc1cn(CCO)nn1. The highest BCUT2D eigenvalue weighted by Crippen LogP contribution is 2.27. The molecule has 0 radical (unpaired) electrons. The molecule has 1 aromatic heterocycles. The maximum atomic E-state index is 8.80. The highest BCUT2D eigenvalue weighted by atomic mass is 35.5. The number of benzene rings is 1. The Morgan fingerprint density at radius 1 is 1.47 bits per heavy atom. The predicted octanol–water partition coefficient (Wildman–Crippen LogP) is 1.54. The van der Waals surface area contributed by atoms with E-state index in [1.165, 1.54) is 0 Å². The maximum absolute atomic E-state index is 8.80. The molecular formula is C12H15ClN4O2. The van der Waals surface area contributed by atoms with Crippen molar-refractivity contribution >= 4 is 17.3 Å². The van der Waals surface area contributed by atoms with Gasteiger partial charge in [-0.3, -0.25) is 0 Å². The van der Waals surface area contributed by atoms with Crippen LogP contribution in [-0.2, 0) is 13.1 Å². The molecule has 0 saturated carbocycles. The summed E-state index contributed by atoms with van der Waals surface area (Å²) in [6, 6.07) is 5.36. The summed E-state index contributed by atoms with van der Waals surface area (Å²) in [6.07, 6.45) is 1.78.